The largest absolute Gasteiger partial charge is 0.362 e. The Bertz CT molecular complexity index is 289. The minimum Gasteiger partial charge on any atom is -0.362 e. The Balaban J connectivity index is 2.41. The number of hydrogen-bond acceptors (Lipinski definition) is 3. The maximum atomic E-state index is 11.5. The molecule has 2 N–H and O–H groups in total. The number of thioether (sulfide) groups is 1. The molecule has 1 heterocycles. The van der Waals surface area contributed by atoms with Crippen LogP contribution in [-0.2, 0) is 4.79 Å². The topological polar surface area (TPSA) is 53.5 Å². The maximum absolute atomic E-state index is 11.5. The van der Waals surface area contributed by atoms with E-state index >= 15 is 0 Å². The minimum absolute atomic E-state index is 0.0124. The average Bonchev–Trinajstić information content (AvgIpc) is 2.26. The zero-order chi connectivity index (χ0) is 12.8. The highest BCUT2D eigenvalue weighted by atomic mass is 32.2. The van der Waals surface area contributed by atoms with Crippen molar-refractivity contribution in [2.24, 2.45) is 10.9 Å². The van der Waals surface area contributed by atoms with E-state index in [-0.39, 0.29) is 18.5 Å². The normalized spacial score (nSPS) is 22.9. The molecule has 1 saturated heterocycles. The molecule has 1 fully saturated rings. The Morgan fingerprint density at radius 2 is 2.24 bits per heavy atom. The highest BCUT2D eigenvalue weighted by Crippen LogP contribution is 2.18. The Labute approximate surface area is 108 Å². The zero-order valence-electron chi connectivity index (χ0n) is 11.1. The van der Waals surface area contributed by atoms with Crippen molar-refractivity contribution < 1.29 is 4.79 Å². The molecule has 0 radical (unpaired) electrons. The molecule has 1 amide bonds. The van der Waals surface area contributed by atoms with Gasteiger partial charge in [0.05, 0.1) is 0 Å². The van der Waals surface area contributed by atoms with Gasteiger partial charge in [-0.1, -0.05) is 25.6 Å². The molecule has 0 aromatic carbocycles. The lowest BCUT2D eigenvalue weighted by molar-refractivity contribution is -0.120. The van der Waals surface area contributed by atoms with Crippen LogP contribution in [-0.4, -0.2) is 35.5 Å². The van der Waals surface area contributed by atoms with Gasteiger partial charge >= 0.3 is 0 Å². The molecule has 1 rings (SSSR count). The van der Waals surface area contributed by atoms with Crippen LogP contribution in [0.5, 0.6) is 0 Å². The minimum atomic E-state index is -0.0124. The molecule has 5 heteroatoms. The van der Waals surface area contributed by atoms with Crippen molar-refractivity contribution in [3.8, 4) is 0 Å². The predicted molar refractivity (Wildman–Crippen MR) is 74.4 cm³/mol. The molecule has 0 bridgehead atoms. The van der Waals surface area contributed by atoms with Crippen LogP contribution in [0.4, 0.5) is 0 Å². The van der Waals surface area contributed by atoms with Crippen molar-refractivity contribution in [2.45, 2.75) is 46.2 Å². The molecule has 0 saturated carbocycles. The smallest absolute Gasteiger partial charge is 0.241 e. The Kier molecular flexibility index (Phi) is 5.82. The molecular weight excluding hydrogens is 234 g/mol. The third kappa shape index (κ3) is 5.44. The quantitative estimate of drug-likeness (QED) is 0.804. The number of nitrogens with one attached hydrogen (secondary N) is 2. The fourth-order valence-corrected chi connectivity index (χ4v) is 2.61. The lowest BCUT2D eigenvalue weighted by atomic mass is 10.0. The van der Waals surface area contributed by atoms with Crippen molar-refractivity contribution in [1.29, 1.82) is 0 Å². The van der Waals surface area contributed by atoms with Gasteiger partial charge in [0.25, 0.3) is 0 Å². The number of carbonyl (C=O) groups is 1. The second-order valence-corrected chi connectivity index (χ2v) is 6.06. The van der Waals surface area contributed by atoms with Crippen LogP contribution >= 0.6 is 11.8 Å². The number of carbonyl (C=O) groups excluding carboxylic acids is 1. The van der Waals surface area contributed by atoms with Gasteiger partial charge in [-0.15, -0.1) is 0 Å². The van der Waals surface area contributed by atoms with E-state index in [0.717, 1.165) is 10.9 Å². The van der Waals surface area contributed by atoms with Crippen LogP contribution in [0.15, 0.2) is 4.99 Å². The van der Waals surface area contributed by atoms with Gasteiger partial charge in [0.15, 0.2) is 5.17 Å². The van der Waals surface area contributed by atoms with Crippen LogP contribution in [0.1, 0.15) is 34.1 Å². The molecule has 98 valence electrons. The van der Waals surface area contributed by atoms with E-state index in [2.05, 4.69) is 29.5 Å². The summed E-state index contributed by atoms with van der Waals surface area (Å²) in [6, 6.07) is 0.668. The van der Waals surface area contributed by atoms with Gasteiger partial charge in [-0.3, -0.25) is 9.79 Å². The van der Waals surface area contributed by atoms with E-state index in [0.29, 0.717) is 12.0 Å². The van der Waals surface area contributed by atoms with Crippen molar-refractivity contribution >= 4 is 22.8 Å². The Morgan fingerprint density at radius 1 is 1.53 bits per heavy atom. The van der Waals surface area contributed by atoms with Gasteiger partial charge < -0.3 is 10.6 Å². The SMILES string of the molecule is CC(C)NC(=O)CN=C1NC(C(C)C)CCS1. The molecule has 17 heavy (non-hydrogen) atoms. The van der Waals surface area contributed by atoms with E-state index in [1.54, 1.807) is 11.8 Å². The maximum Gasteiger partial charge on any atom is 0.241 e. The molecule has 0 aromatic heterocycles. The van der Waals surface area contributed by atoms with Crippen LogP contribution < -0.4 is 10.6 Å². The average molecular weight is 257 g/mol. The molecule has 1 atom stereocenters. The van der Waals surface area contributed by atoms with Crippen LogP contribution in [0.25, 0.3) is 0 Å². The Morgan fingerprint density at radius 3 is 2.82 bits per heavy atom. The van der Waals surface area contributed by atoms with Crippen molar-refractivity contribution in [3.63, 3.8) is 0 Å². The molecule has 1 aliphatic heterocycles. The van der Waals surface area contributed by atoms with Gasteiger partial charge in [-0.05, 0) is 26.2 Å². The summed E-state index contributed by atoms with van der Waals surface area (Å²) in [5.74, 6) is 1.67. The van der Waals surface area contributed by atoms with E-state index in [1.165, 1.54) is 6.42 Å². The fraction of sp³-hybridized carbons (Fsp3) is 0.833. The van der Waals surface area contributed by atoms with E-state index < -0.39 is 0 Å². The Hall–Kier alpha value is -0.710. The summed E-state index contributed by atoms with van der Waals surface area (Å²) < 4.78 is 0. The molecule has 0 spiro atoms. The van der Waals surface area contributed by atoms with E-state index in [1.807, 2.05) is 13.8 Å². The summed E-state index contributed by atoms with van der Waals surface area (Å²) in [5.41, 5.74) is 0. The summed E-state index contributed by atoms with van der Waals surface area (Å²) in [6.45, 7) is 8.53. The van der Waals surface area contributed by atoms with E-state index in [9.17, 15) is 4.79 Å². The number of amidine groups is 1. The molecule has 1 unspecified atom stereocenters. The molecule has 1 aliphatic rings. The molecule has 0 aliphatic carbocycles. The molecule has 4 nitrogen and oxygen atoms in total. The van der Waals surface area contributed by atoms with Crippen molar-refractivity contribution in [3.05, 3.63) is 0 Å². The van der Waals surface area contributed by atoms with E-state index in [4.69, 9.17) is 0 Å². The van der Waals surface area contributed by atoms with Gasteiger partial charge in [-0.2, -0.15) is 0 Å². The lowest BCUT2D eigenvalue weighted by Crippen LogP contribution is -2.42. The predicted octanol–water partition coefficient (Wildman–Crippen LogP) is 1.62. The third-order valence-corrected chi connectivity index (χ3v) is 3.56. The number of nitrogens with zero attached hydrogens (tertiary/aromatic N) is 1. The molecular formula is C12H23N3OS. The second kappa shape index (κ2) is 6.89. The lowest BCUT2D eigenvalue weighted by Gasteiger charge is -2.28. The highest BCUT2D eigenvalue weighted by molar-refractivity contribution is 8.13. The zero-order valence-corrected chi connectivity index (χ0v) is 11.9. The summed E-state index contributed by atoms with van der Waals surface area (Å²) in [7, 11) is 0. The monoisotopic (exact) mass is 257 g/mol. The number of aliphatic imine (C=N–C) groups is 1. The van der Waals surface area contributed by atoms with Gasteiger partial charge in [-0.25, -0.2) is 0 Å². The highest BCUT2D eigenvalue weighted by Gasteiger charge is 2.20. The van der Waals surface area contributed by atoms with Crippen LogP contribution in [0.3, 0.4) is 0 Å². The summed E-state index contributed by atoms with van der Waals surface area (Å²) >= 11 is 1.70. The first-order valence-electron chi connectivity index (χ1n) is 6.22. The summed E-state index contributed by atoms with van der Waals surface area (Å²) in [5, 5.41) is 7.14. The third-order valence-electron chi connectivity index (χ3n) is 2.60. The van der Waals surface area contributed by atoms with Crippen molar-refractivity contribution in [2.75, 3.05) is 12.3 Å². The summed E-state index contributed by atoms with van der Waals surface area (Å²) in [6.07, 6.45) is 1.17. The first-order chi connectivity index (χ1) is 7.99. The number of amides is 1. The number of rotatable bonds is 4. The van der Waals surface area contributed by atoms with Crippen molar-refractivity contribution in [1.82, 2.24) is 10.6 Å². The second-order valence-electron chi connectivity index (χ2n) is 4.98. The standard InChI is InChI=1S/C12H23N3OS/c1-8(2)10-5-6-17-12(15-10)13-7-11(16)14-9(3)4/h8-10H,5-7H2,1-4H3,(H,13,15)(H,14,16). The fourth-order valence-electron chi connectivity index (χ4n) is 1.66. The van der Waals surface area contributed by atoms with Gasteiger partial charge in [0, 0.05) is 17.8 Å². The van der Waals surface area contributed by atoms with Gasteiger partial charge in [0.2, 0.25) is 5.91 Å². The molecule has 0 aromatic rings. The first kappa shape index (κ1) is 14.4. The number of hydrogen-bond donors (Lipinski definition) is 2. The summed E-state index contributed by atoms with van der Waals surface area (Å²) in [4.78, 5) is 15.8. The van der Waals surface area contributed by atoms with Crippen LogP contribution in [0.2, 0.25) is 0 Å². The first-order valence-corrected chi connectivity index (χ1v) is 7.20. The van der Waals surface area contributed by atoms with Crippen LogP contribution in [0, 0.1) is 5.92 Å². The van der Waals surface area contributed by atoms with Gasteiger partial charge in [0.1, 0.15) is 6.54 Å².